The normalized spacial score (nSPS) is 15.1. The van der Waals surface area contributed by atoms with Gasteiger partial charge in [0.1, 0.15) is 0 Å². The van der Waals surface area contributed by atoms with Gasteiger partial charge in [-0.15, -0.1) is 0 Å². The summed E-state index contributed by atoms with van der Waals surface area (Å²) < 4.78 is 31.5. The number of primary amides is 1. The topological polar surface area (TPSA) is 119 Å². The number of amides is 2. The lowest BCUT2D eigenvalue weighted by Crippen LogP contribution is -2.41. The SMILES string of the molecule is NC(=O)c1cccc(NC(=O)c2ccc(CS(=O)(=O)N3CCOCC3)cc2)c1. The number of carbonyl (C=O) groups is 2. The highest BCUT2D eigenvalue weighted by molar-refractivity contribution is 7.88. The minimum atomic E-state index is -3.42. The molecule has 1 heterocycles. The number of hydrogen-bond donors (Lipinski definition) is 2. The number of benzene rings is 2. The zero-order chi connectivity index (χ0) is 20.1. The Hall–Kier alpha value is -2.75. The number of ether oxygens (including phenoxy) is 1. The van der Waals surface area contributed by atoms with Crippen LogP contribution in [-0.2, 0) is 20.5 Å². The van der Waals surface area contributed by atoms with Crippen LogP contribution >= 0.6 is 0 Å². The van der Waals surface area contributed by atoms with Crippen LogP contribution in [0.4, 0.5) is 5.69 Å². The first kappa shape index (κ1) is 20.0. The molecule has 1 fully saturated rings. The minimum absolute atomic E-state index is 0.129. The Morgan fingerprint density at radius 3 is 2.36 bits per heavy atom. The summed E-state index contributed by atoms with van der Waals surface area (Å²) in [5.41, 5.74) is 6.94. The fourth-order valence-electron chi connectivity index (χ4n) is 2.83. The molecule has 2 aromatic rings. The van der Waals surface area contributed by atoms with Gasteiger partial charge in [0.15, 0.2) is 0 Å². The highest BCUT2D eigenvalue weighted by Crippen LogP contribution is 2.16. The minimum Gasteiger partial charge on any atom is -0.379 e. The predicted octanol–water partition coefficient (Wildman–Crippen LogP) is 1.20. The maximum atomic E-state index is 12.5. The summed E-state index contributed by atoms with van der Waals surface area (Å²) in [7, 11) is -3.42. The van der Waals surface area contributed by atoms with Crippen LogP contribution in [0.15, 0.2) is 48.5 Å². The molecule has 0 spiro atoms. The van der Waals surface area contributed by atoms with E-state index in [2.05, 4.69) is 5.32 Å². The van der Waals surface area contributed by atoms with Crippen LogP contribution < -0.4 is 11.1 Å². The third kappa shape index (κ3) is 4.94. The van der Waals surface area contributed by atoms with Crippen molar-refractivity contribution in [2.75, 3.05) is 31.6 Å². The van der Waals surface area contributed by atoms with Crippen molar-refractivity contribution in [3.63, 3.8) is 0 Å². The lowest BCUT2D eigenvalue weighted by molar-refractivity contribution is 0.0729. The molecule has 0 radical (unpaired) electrons. The lowest BCUT2D eigenvalue weighted by Gasteiger charge is -2.26. The monoisotopic (exact) mass is 403 g/mol. The molecule has 3 rings (SSSR count). The zero-order valence-electron chi connectivity index (χ0n) is 15.1. The number of carbonyl (C=O) groups excluding carboxylic acids is 2. The first-order chi connectivity index (χ1) is 13.3. The average molecular weight is 403 g/mol. The molecule has 1 aliphatic heterocycles. The second-order valence-corrected chi connectivity index (χ2v) is 8.33. The highest BCUT2D eigenvalue weighted by Gasteiger charge is 2.24. The maximum absolute atomic E-state index is 12.5. The average Bonchev–Trinajstić information content (AvgIpc) is 2.69. The molecule has 0 aliphatic carbocycles. The molecule has 2 amide bonds. The molecular weight excluding hydrogens is 382 g/mol. The van der Waals surface area contributed by atoms with Crippen LogP contribution in [0.2, 0.25) is 0 Å². The molecular formula is C19H21N3O5S. The third-order valence-corrected chi connectivity index (χ3v) is 6.18. The van der Waals surface area contributed by atoms with Gasteiger partial charge in [-0.25, -0.2) is 8.42 Å². The fraction of sp³-hybridized carbons (Fsp3) is 0.263. The van der Waals surface area contributed by atoms with Crippen molar-refractivity contribution in [2.24, 2.45) is 5.73 Å². The van der Waals surface area contributed by atoms with E-state index in [1.807, 2.05) is 0 Å². The van der Waals surface area contributed by atoms with Crippen molar-refractivity contribution in [1.29, 1.82) is 0 Å². The second-order valence-electron chi connectivity index (χ2n) is 6.36. The third-order valence-electron chi connectivity index (χ3n) is 4.33. The van der Waals surface area contributed by atoms with Crippen LogP contribution in [0.3, 0.4) is 0 Å². The molecule has 2 aromatic carbocycles. The number of rotatable bonds is 6. The van der Waals surface area contributed by atoms with Gasteiger partial charge < -0.3 is 15.8 Å². The van der Waals surface area contributed by atoms with Gasteiger partial charge in [-0.05, 0) is 35.9 Å². The molecule has 0 unspecified atom stereocenters. The van der Waals surface area contributed by atoms with Crippen molar-refractivity contribution in [3.8, 4) is 0 Å². The molecule has 0 bridgehead atoms. The number of nitrogens with zero attached hydrogens (tertiary/aromatic N) is 1. The van der Waals surface area contributed by atoms with Crippen molar-refractivity contribution in [3.05, 3.63) is 65.2 Å². The summed E-state index contributed by atoms with van der Waals surface area (Å²) in [5.74, 6) is -1.08. The van der Waals surface area contributed by atoms with Crippen molar-refractivity contribution < 1.29 is 22.7 Å². The van der Waals surface area contributed by atoms with Gasteiger partial charge in [-0.1, -0.05) is 18.2 Å². The standard InChI is InChI=1S/C19H21N3O5S/c20-18(23)16-2-1-3-17(12-16)21-19(24)15-6-4-14(5-7-15)13-28(25,26)22-8-10-27-11-9-22/h1-7,12H,8-11,13H2,(H2,20,23)(H,21,24). The highest BCUT2D eigenvalue weighted by atomic mass is 32.2. The van der Waals surface area contributed by atoms with E-state index in [-0.39, 0.29) is 11.7 Å². The Balaban J connectivity index is 1.66. The van der Waals surface area contributed by atoms with E-state index < -0.39 is 15.9 Å². The molecule has 28 heavy (non-hydrogen) atoms. The molecule has 1 aliphatic rings. The van der Waals surface area contributed by atoms with E-state index in [4.69, 9.17) is 10.5 Å². The molecule has 148 valence electrons. The lowest BCUT2D eigenvalue weighted by atomic mass is 10.1. The largest absolute Gasteiger partial charge is 0.379 e. The summed E-state index contributed by atoms with van der Waals surface area (Å²) in [6.45, 7) is 1.50. The number of sulfonamides is 1. The molecule has 0 saturated carbocycles. The first-order valence-electron chi connectivity index (χ1n) is 8.71. The van der Waals surface area contributed by atoms with Crippen molar-refractivity contribution in [1.82, 2.24) is 4.31 Å². The Morgan fingerprint density at radius 2 is 1.71 bits per heavy atom. The Bertz CT molecular complexity index is 967. The van der Waals surface area contributed by atoms with E-state index in [1.165, 1.54) is 10.4 Å². The second kappa shape index (κ2) is 8.51. The summed E-state index contributed by atoms with van der Waals surface area (Å²) in [5, 5.41) is 2.69. The van der Waals surface area contributed by atoms with E-state index in [9.17, 15) is 18.0 Å². The Morgan fingerprint density at radius 1 is 1.04 bits per heavy atom. The van der Waals surface area contributed by atoms with Crippen LogP contribution in [0, 0.1) is 0 Å². The van der Waals surface area contributed by atoms with Crippen LogP contribution in [0.25, 0.3) is 0 Å². The molecule has 1 saturated heterocycles. The number of morpholine rings is 1. The summed E-state index contributed by atoms with van der Waals surface area (Å²) in [4.78, 5) is 23.6. The summed E-state index contributed by atoms with van der Waals surface area (Å²) >= 11 is 0. The van der Waals surface area contributed by atoms with Crippen LogP contribution in [-0.4, -0.2) is 50.8 Å². The Kier molecular flexibility index (Phi) is 6.08. The van der Waals surface area contributed by atoms with Gasteiger partial charge in [-0.3, -0.25) is 9.59 Å². The molecule has 8 nitrogen and oxygen atoms in total. The number of nitrogens with one attached hydrogen (secondary N) is 1. The summed E-state index contributed by atoms with van der Waals surface area (Å²) in [6.07, 6.45) is 0. The van der Waals surface area contributed by atoms with E-state index in [0.29, 0.717) is 48.7 Å². The van der Waals surface area contributed by atoms with E-state index in [0.717, 1.165) is 0 Å². The Labute approximate surface area is 163 Å². The van der Waals surface area contributed by atoms with Gasteiger partial charge >= 0.3 is 0 Å². The smallest absolute Gasteiger partial charge is 0.255 e. The number of anilines is 1. The molecule has 9 heteroatoms. The quantitative estimate of drug-likeness (QED) is 0.751. The van der Waals surface area contributed by atoms with Gasteiger partial charge in [0.2, 0.25) is 15.9 Å². The van der Waals surface area contributed by atoms with Gasteiger partial charge in [0.25, 0.3) is 5.91 Å². The van der Waals surface area contributed by atoms with E-state index >= 15 is 0 Å². The van der Waals surface area contributed by atoms with Crippen LogP contribution in [0.1, 0.15) is 26.3 Å². The molecule has 0 aromatic heterocycles. The first-order valence-corrected chi connectivity index (χ1v) is 10.3. The number of hydrogen-bond acceptors (Lipinski definition) is 5. The molecule has 3 N–H and O–H groups in total. The molecule has 0 atom stereocenters. The summed E-state index contributed by atoms with van der Waals surface area (Å²) in [6, 6.07) is 12.7. The number of nitrogens with two attached hydrogens (primary N) is 1. The zero-order valence-corrected chi connectivity index (χ0v) is 15.9. The van der Waals surface area contributed by atoms with Gasteiger partial charge in [0, 0.05) is 29.9 Å². The predicted molar refractivity (Wildman–Crippen MR) is 104 cm³/mol. The van der Waals surface area contributed by atoms with Crippen LogP contribution in [0.5, 0.6) is 0 Å². The van der Waals surface area contributed by atoms with Gasteiger partial charge in [0.05, 0.1) is 19.0 Å². The van der Waals surface area contributed by atoms with E-state index in [1.54, 1.807) is 42.5 Å². The van der Waals surface area contributed by atoms with Gasteiger partial charge in [-0.2, -0.15) is 4.31 Å². The fourth-order valence-corrected chi connectivity index (χ4v) is 4.33. The van der Waals surface area contributed by atoms with Crippen molar-refractivity contribution in [2.45, 2.75) is 5.75 Å². The van der Waals surface area contributed by atoms with Crippen molar-refractivity contribution >= 4 is 27.5 Å². The maximum Gasteiger partial charge on any atom is 0.255 e.